The number of para-hydroxylation sites is 2. The summed E-state index contributed by atoms with van der Waals surface area (Å²) in [5.41, 5.74) is 20.9. The van der Waals surface area contributed by atoms with Crippen molar-refractivity contribution in [2.24, 2.45) is 0 Å². The van der Waals surface area contributed by atoms with Crippen molar-refractivity contribution in [2.45, 2.75) is 94.9 Å². The summed E-state index contributed by atoms with van der Waals surface area (Å²) in [4.78, 5) is 44.7. The molecular weight excluding hydrogens is 749 g/mol. The second kappa shape index (κ2) is 17.4. The number of carbonyl (C=O) groups is 2. The Labute approximate surface area is 352 Å². The number of allylic oxidation sites excluding steroid dienone is 4. The number of carbonyl (C=O) groups excluding carboxylic acids is 2. The van der Waals surface area contributed by atoms with Crippen molar-refractivity contribution in [3.8, 4) is 22.3 Å². The standard InChI is InChI=1S/C50H56N6O4/c1-11-31-27(7)45-43(35-21-17-19-23-37(35)55-49(57)59-15-5)46-29(9)33(13-3)41(53-46)26-42-34(14-4)30(10)48(54-42)44(36-22-18-20-24-38(36)56-50(58)60-16-6)47-28(8)32(12-2)40(52-47)25-39(31)51-45/h17-26,51,53H,11-16H2,1-10H3,(H,55,57)(H,56,58). The molecule has 0 fully saturated rings. The van der Waals surface area contributed by atoms with Gasteiger partial charge in [-0.2, -0.15) is 0 Å². The molecule has 60 heavy (non-hydrogen) atoms. The first-order chi connectivity index (χ1) is 29.0. The van der Waals surface area contributed by atoms with E-state index in [9.17, 15) is 9.59 Å². The van der Waals surface area contributed by atoms with Crippen LogP contribution in [-0.2, 0) is 22.3 Å². The number of rotatable bonds is 10. The van der Waals surface area contributed by atoms with Crippen LogP contribution in [0.1, 0.15) is 113 Å². The van der Waals surface area contributed by atoms with Gasteiger partial charge in [-0.1, -0.05) is 64.1 Å². The van der Waals surface area contributed by atoms with Gasteiger partial charge in [0.25, 0.3) is 0 Å². The summed E-state index contributed by atoms with van der Waals surface area (Å²) >= 11 is 0. The van der Waals surface area contributed by atoms with Gasteiger partial charge in [-0.3, -0.25) is 10.6 Å². The highest BCUT2D eigenvalue weighted by Gasteiger charge is 2.28. The Balaban J connectivity index is 1.72. The molecule has 0 spiro atoms. The molecule has 4 N–H and O–H groups in total. The lowest BCUT2D eigenvalue weighted by molar-refractivity contribution is 0.167. The maximum Gasteiger partial charge on any atom is 0.411 e. The molecule has 5 aromatic rings. The van der Waals surface area contributed by atoms with Crippen LogP contribution in [0.2, 0.25) is 0 Å². The summed E-state index contributed by atoms with van der Waals surface area (Å²) in [7, 11) is 0. The van der Waals surface area contributed by atoms with Crippen LogP contribution in [0, 0.1) is 13.8 Å². The van der Waals surface area contributed by atoms with Gasteiger partial charge in [-0.25, -0.2) is 19.6 Å². The van der Waals surface area contributed by atoms with E-state index in [4.69, 9.17) is 19.4 Å². The minimum absolute atomic E-state index is 0.255. The van der Waals surface area contributed by atoms with Gasteiger partial charge in [0, 0.05) is 33.3 Å². The average Bonchev–Trinajstić information content (AvgIpc) is 3.92. The van der Waals surface area contributed by atoms with Crippen LogP contribution in [0.5, 0.6) is 0 Å². The molecule has 0 saturated heterocycles. The normalized spacial score (nSPS) is 12.6. The molecule has 10 nitrogen and oxygen atoms in total. The average molecular weight is 805 g/mol. The highest BCUT2D eigenvalue weighted by Crippen LogP contribution is 2.46. The van der Waals surface area contributed by atoms with E-state index in [-0.39, 0.29) is 13.2 Å². The Hall–Kier alpha value is -6.42. The lowest BCUT2D eigenvalue weighted by atomic mass is 9.92. The zero-order valence-electron chi connectivity index (χ0n) is 36.5. The van der Waals surface area contributed by atoms with Crippen LogP contribution in [0.25, 0.3) is 66.6 Å². The number of amides is 2. The van der Waals surface area contributed by atoms with Gasteiger partial charge < -0.3 is 19.4 Å². The van der Waals surface area contributed by atoms with Gasteiger partial charge in [0.2, 0.25) is 0 Å². The monoisotopic (exact) mass is 804 g/mol. The lowest BCUT2D eigenvalue weighted by Crippen LogP contribution is -2.14. The number of nitrogens with one attached hydrogen (secondary N) is 4. The Morgan fingerprint density at radius 2 is 0.967 bits per heavy atom. The van der Waals surface area contributed by atoms with E-state index in [2.05, 4.69) is 94.2 Å². The van der Waals surface area contributed by atoms with E-state index < -0.39 is 12.2 Å². The van der Waals surface area contributed by atoms with Crippen LogP contribution in [-0.4, -0.2) is 45.3 Å². The predicted molar refractivity (Wildman–Crippen MR) is 247 cm³/mol. The lowest BCUT2D eigenvalue weighted by Gasteiger charge is -2.15. The first-order valence-corrected chi connectivity index (χ1v) is 21.3. The molecule has 0 unspecified atom stereocenters. The van der Waals surface area contributed by atoms with Crippen molar-refractivity contribution in [3.63, 3.8) is 0 Å². The number of benzene rings is 2. The van der Waals surface area contributed by atoms with Crippen molar-refractivity contribution in [2.75, 3.05) is 23.8 Å². The van der Waals surface area contributed by atoms with Gasteiger partial charge in [-0.05, 0) is 136 Å². The highest BCUT2D eigenvalue weighted by molar-refractivity contribution is 6.07. The van der Waals surface area contributed by atoms with E-state index >= 15 is 0 Å². The summed E-state index contributed by atoms with van der Waals surface area (Å²) in [5.74, 6) is 0. The number of ether oxygens (including phenoxy) is 2. The first kappa shape index (κ1) is 41.7. The Morgan fingerprint density at radius 1 is 0.567 bits per heavy atom. The zero-order valence-corrected chi connectivity index (χ0v) is 36.5. The third kappa shape index (κ3) is 7.40. The fraction of sp³-hybridized carbons (Fsp3) is 0.320. The molecule has 7 rings (SSSR count). The minimum atomic E-state index is -0.518. The topological polar surface area (TPSA) is 134 Å². The smallest absolute Gasteiger partial charge is 0.411 e. The number of aryl methyl sites for hydroxylation is 4. The van der Waals surface area contributed by atoms with E-state index in [1.54, 1.807) is 13.8 Å². The SMILES string of the molecule is CCOC(=O)Nc1ccccc1-c1c2nc(cc3[nH]c(c(C)c3CC)c(-c3ccccc3NC(=O)OCC)c3[nH]c(cc4nc1C(C)=C4CC)c(CC)c3C)C(CC)=C2C. The van der Waals surface area contributed by atoms with E-state index in [0.717, 1.165) is 126 Å². The molecule has 10 heteroatoms. The van der Waals surface area contributed by atoms with Crippen LogP contribution >= 0.6 is 0 Å². The Kier molecular flexibility index (Phi) is 12.1. The summed E-state index contributed by atoms with van der Waals surface area (Å²) < 4.78 is 10.7. The van der Waals surface area contributed by atoms with Gasteiger partial charge in [0.05, 0.1) is 58.4 Å². The summed E-state index contributed by atoms with van der Waals surface area (Å²) in [6.45, 7) is 21.4. The molecule has 2 aliphatic heterocycles. The molecule has 2 aromatic carbocycles. The van der Waals surface area contributed by atoms with Crippen molar-refractivity contribution < 1.29 is 19.1 Å². The molecule has 0 radical (unpaired) electrons. The number of fused-ring (bicyclic) bond motifs is 8. The largest absolute Gasteiger partial charge is 0.450 e. The molecule has 8 bridgehead atoms. The highest BCUT2D eigenvalue weighted by atomic mass is 16.6. The van der Waals surface area contributed by atoms with E-state index in [0.29, 0.717) is 11.4 Å². The van der Waals surface area contributed by atoms with Crippen molar-refractivity contribution in [3.05, 3.63) is 106 Å². The number of hydrogen-bond acceptors (Lipinski definition) is 6. The molecule has 0 aliphatic carbocycles. The van der Waals surface area contributed by atoms with Gasteiger partial charge in [-0.15, -0.1) is 0 Å². The molecule has 2 amide bonds. The van der Waals surface area contributed by atoms with Crippen molar-refractivity contribution in [1.82, 2.24) is 19.9 Å². The Bertz CT molecular complexity index is 2640. The second-order valence-corrected chi connectivity index (χ2v) is 15.2. The Morgan fingerprint density at radius 3 is 1.35 bits per heavy atom. The van der Waals surface area contributed by atoms with E-state index in [1.807, 2.05) is 42.5 Å². The fourth-order valence-corrected chi connectivity index (χ4v) is 9.01. The third-order valence-corrected chi connectivity index (χ3v) is 11.9. The quantitative estimate of drug-likeness (QED) is 0.111. The maximum absolute atomic E-state index is 13.0. The molecular formula is C50H56N6O4. The van der Waals surface area contributed by atoms with Crippen LogP contribution in [0.15, 0.2) is 60.7 Å². The minimum Gasteiger partial charge on any atom is -0.450 e. The third-order valence-electron chi connectivity index (χ3n) is 11.9. The van der Waals surface area contributed by atoms with Crippen LogP contribution in [0.4, 0.5) is 21.0 Å². The van der Waals surface area contributed by atoms with Crippen molar-refractivity contribution >= 4 is 67.9 Å². The zero-order chi connectivity index (χ0) is 42.8. The molecule has 3 aromatic heterocycles. The summed E-state index contributed by atoms with van der Waals surface area (Å²) in [5, 5.41) is 6.04. The summed E-state index contributed by atoms with van der Waals surface area (Å²) in [6.07, 6.45) is 2.06. The number of H-pyrrole nitrogens is 2. The molecule has 0 atom stereocenters. The van der Waals surface area contributed by atoms with Gasteiger partial charge >= 0.3 is 12.2 Å². The number of aromatic nitrogens is 4. The maximum atomic E-state index is 13.0. The van der Waals surface area contributed by atoms with Gasteiger partial charge in [0.15, 0.2) is 0 Å². The molecule has 310 valence electrons. The molecule has 5 heterocycles. The number of hydrogen-bond donors (Lipinski definition) is 4. The number of nitrogens with zero attached hydrogens (tertiary/aromatic N) is 2. The predicted octanol–water partition coefficient (Wildman–Crippen LogP) is 13.2. The van der Waals surface area contributed by atoms with Crippen molar-refractivity contribution in [1.29, 1.82) is 0 Å². The van der Waals surface area contributed by atoms with Gasteiger partial charge in [0.1, 0.15) is 0 Å². The second-order valence-electron chi connectivity index (χ2n) is 15.2. The number of aromatic amines is 2. The number of anilines is 2. The summed E-state index contributed by atoms with van der Waals surface area (Å²) in [6, 6.07) is 20.1. The first-order valence-electron chi connectivity index (χ1n) is 21.3. The molecule has 0 saturated carbocycles. The molecule has 2 aliphatic rings. The van der Waals surface area contributed by atoms with E-state index in [1.165, 1.54) is 11.1 Å². The van der Waals surface area contributed by atoms with Crippen LogP contribution in [0.3, 0.4) is 0 Å². The fourth-order valence-electron chi connectivity index (χ4n) is 9.01. The van der Waals surface area contributed by atoms with Crippen LogP contribution < -0.4 is 10.6 Å².